The Labute approximate surface area is 109 Å². The number of nitrogens with one attached hydrogen (secondary N) is 2. The summed E-state index contributed by atoms with van der Waals surface area (Å²) in [7, 11) is 0. The molecule has 0 aliphatic carbocycles. The monoisotopic (exact) mass is 269 g/mol. The molecule has 0 saturated heterocycles. The largest absolute Gasteiger partial charge is 0.476 e. The SMILES string of the molecule is CCNC(=O)NC(=O)C(C)n1nnc(C(=O)O)c1C. The van der Waals surface area contributed by atoms with E-state index < -0.39 is 23.9 Å². The maximum atomic E-state index is 11.8. The molecular formula is C10H15N5O4. The average molecular weight is 269 g/mol. The lowest BCUT2D eigenvalue weighted by Gasteiger charge is -2.12. The van der Waals surface area contributed by atoms with Crippen LogP contribution in [0.15, 0.2) is 0 Å². The number of hydrogen-bond donors (Lipinski definition) is 3. The molecule has 19 heavy (non-hydrogen) atoms. The minimum absolute atomic E-state index is 0.224. The second kappa shape index (κ2) is 5.94. The Kier molecular flexibility index (Phi) is 4.56. The fraction of sp³-hybridized carbons (Fsp3) is 0.500. The highest BCUT2D eigenvalue weighted by molar-refractivity contribution is 5.96. The first-order valence-corrected chi connectivity index (χ1v) is 5.62. The molecule has 0 bridgehead atoms. The lowest BCUT2D eigenvalue weighted by molar-refractivity contribution is -0.123. The van der Waals surface area contributed by atoms with E-state index >= 15 is 0 Å². The van der Waals surface area contributed by atoms with E-state index in [-0.39, 0.29) is 11.4 Å². The van der Waals surface area contributed by atoms with E-state index in [1.807, 2.05) is 0 Å². The van der Waals surface area contributed by atoms with Crippen LogP contribution in [0.2, 0.25) is 0 Å². The molecule has 3 N–H and O–H groups in total. The lowest BCUT2D eigenvalue weighted by Crippen LogP contribution is -2.42. The van der Waals surface area contributed by atoms with Crippen LogP contribution < -0.4 is 10.6 Å². The molecule has 0 radical (unpaired) electrons. The summed E-state index contributed by atoms with van der Waals surface area (Å²) in [5.74, 6) is -1.82. The van der Waals surface area contributed by atoms with Gasteiger partial charge in [0.05, 0.1) is 5.69 Å². The molecule has 1 aromatic heterocycles. The number of aromatic carboxylic acids is 1. The Morgan fingerprint density at radius 1 is 1.42 bits per heavy atom. The summed E-state index contributed by atoms with van der Waals surface area (Å²) in [6.45, 7) is 5.08. The van der Waals surface area contributed by atoms with Crippen molar-refractivity contribution in [1.82, 2.24) is 25.6 Å². The Balaban J connectivity index is 2.83. The molecule has 9 nitrogen and oxygen atoms in total. The van der Waals surface area contributed by atoms with Crippen LogP contribution in [-0.4, -0.2) is 44.6 Å². The Hall–Kier alpha value is -2.45. The molecule has 0 fully saturated rings. The highest BCUT2D eigenvalue weighted by Crippen LogP contribution is 2.11. The number of carboxylic acids is 1. The minimum atomic E-state index is -1.22. The Bertz CT molecular complexity index is 510. The fourth-order valence-corrected chi connectivity index (χ4v) is 1.44. The van der Waals surface area contributed by atoms with E-state index in [2.05, 4.69) is 20.9 Å². The standard InChI is InChI=1S/C10H15N5O4/c1-4-11-10(19)12-8(16)6(3)15-5(2)7(9(17)18)13-14-15/h6H,4H2,1-3H3,(H,17,18)(H2,11,12,16,19). The second-order valence-corrected chi connectivity index (χ2v) is 3.80. The van der Waals surface area contributed by atoms with Crippen LogP contribution in [0.25, 0.3) is 0 Å². The summed E-state index contributed by atoms with van der Waals surface area (Å²) in [6.07, 6.45) is 0. The minimum Gasteiger partial charge on any atom is -0.476 e. The molecular weight excluding hydrogens is 254 g/mol. The van der Waals surface area contributed by atoms with Crippen molar-refractivity contribution in [3.05, 3.63) is 11.4 Å². The van der Waals surface area contributed by atoms with Crippen LogP contribution in [0.3, 0.4) is 0 Å². The van der Waals surface area contributed by atoms with Gasteiger partial charge in [0, 0.05) is 6.54 Å². The van der Waals surface area contributed by atoms with Crippen LogP contribution >= 0.6 is 0 Å². The van der Waals surface area contributed by atoms with Crippen LogP contribution in [-0.2, 0) is 4.79 Å². The summed E-state index contributed by atoms with van der Waals surface area (Å²) < 4.78 is 1.15. The summed E-state index contributed by atoms with van der Waals surface area (Å²) in [5.41, 5.74) is 0.0173. The number of carbonyl (C=O) groups is 3. The molecule has 1 atom stereocenters. The predicted octanol–water partition coefficient (Wildman–Crippen LogP) is -0.309. The molecule has 0 aliphatic heterocycles. The zero-order chi connectivity index (χ0) is 14.6. The zero-order valence-corrected chi connectivity index (χ0v) is 10.8. The molecule has 1 heterocycles. The molecule has 1 rings (SSSR count). The quantitative estimate of drug-likeness (QED) is 0.688. The van der Waals surface area contributed by atoms with E-state index in [0.29, 0.717) is 6.54 Å². The number of rotatable bonds is 4. The van der Waals surface area contributed by atoms with Gasteiger partial charge >= 0.3 is 12.0 Å². The first kappa shape index (κ1) is 14.6. The topological polar surface area (TPSA) is 126 Å². The molecule has 0 saturated carbocycles. The van der Waals surface area contributed by atoms with Crippen LogP contribution in [0.4, 0.5) is 4.79 Å². The van der Waals surface area contributed by atoms with Gasteiger partial charge in [-0.05, 0) is 20.8 Å². The fourth-order valence-electron chi connectivity index (χ4n) is 1.44. The van der Waals surface area contributed by atoms with Crippen LogP contribution in [0, 0.1) is 6.92 Å². The molecule has 0 aliphatic rings. The van der Waals surface area contributed by atoms with E-state index in [4.69, 9.17) is 5.11 Å². The predicted molar refractivity (Wildman–Crippen MR) is 63.6 cm³/mol. The maximum absolute atomic E-state index is 11.8. The van der Waals surface area contributed by atoms with Crippen molar-refractivity contribution in [2.45, 2.75) is 26.8 Å². The van der Waals surface area contributed by atoms with Gasteiger partial charge in [0.15, 0.2) is 5.69 Å². The summed E-state index contributed by atoms with van der Waals surface area (Å²) in [6, 6.07) is -1.46. The zero-order valence-electron chi connectivity index (χ0n) is 10.8. The molecule has 1 unspecified atom stereocenters. The third kappa shape index (κ3) is 3.27. The van der Waals surface area contributed by atoms with Crippen molar-refractivity contribution < 1.29 is 19.5 Å². The first-order chi connectivity index (χ1) is 8.88. The van der Waals surface area contributed by atoms with Gasteiger partial charge < -0.3 is 10.4 Å². The van der Waals surface area contributed by atoms with Crippen LogP contribution in [0.1, 0.15) is 36.1 Å². The number of carbonyl (C=O) groups excluding carboxylic acids is 2. The van der Waals surface area contributed by atoms with E-state index in [0.717, 1.165) is 4.68 Å². The van der Waals surface area contributed by atoms with Gasteiger partial charge in [0.2, 0.25) is 0 Å². The number of hydrogen-bond acceptors (Lipinski definition) is 5. The molecule has 9 heteroatoms. The molecule has 0 spiro atoms. The van der Waals surface area contributed by atoms with Gasteiger partial charge in [0.1, 0.15) is 6.04 Å². The van der Waals surface area contributed by atoms with Crippen molar-refractivity contribution in [3.63, 3.8) is 0 Å². The van der Waals surface area contributed by atoms with Crippen molar-refractivity contribution in [2.24, 2.45) is 0 Å². The van der Waals surface area contributed by atoms with Gasteiger partial charge in [-0.1, -0.05) is 5.21 Å². The molecule has 3 amide bonds. The maximum Gasteiger partial charge on any atom is 0.358 e. The number of aromatic nitrogens is 3. The average Bonchev–Trinajstić information content (AvgIpc) is 2.70. The van der Waals surface area contributed by atoms with Gasteiger partial charge in [-0.25, -0.2) is 14.3 Å². The van der Waals surface area contributed by atoms with Crippen molar-refractivity contribution >= 4 is 17.9 Å². The first-order valence-electron chi connectivity index (χ1n) is 5.62. The summed E-state index contributed by atoms with van der Waals surface area (Å²) in [5, 5.41) is 20.4. The van der Waals surface area contributed by atoms with E-state index in [1.165, 1.54) is 13.8 Å². The number of urea groups is 1. The van der Waals surface area contributed by atoms with Gasteiger partial charge in [-0.3, -0.25) is 10.1 Å². The third-order valence-corrected chi connectivity index (χ3v) is 2.45. The van der Waals surface area contributed by atoms with Crippen molar-refractivity contribution in [1.29, 1.82) is 0 Å². The van der Waals surface area contributed by atoms with Gasteiger partial charge in [-0.15, -0.1) is 5.10 Å². The molecule has 1 aromatic rings. The third-order valence-electron chi connectivity index (χ3n) is 2.45. The number of nitrogens with zero attached hydrogens (tertiary/aromatic N) is 3. The highest BCUT2D eigenvalue weighted by Gasteiger charge is 2.23. The normalized spacial score (nSPS) is 11.7. The van der Waals surface area contributed by atoms with Gasteiger partial charge in [-0.2, -0.15) is 0 Å². The molecule has 0 aromatic carbocycles. The number of imide groups is 1. The highest BCUT2D eigenvalue weighted by atomic mass is 16.4. The second-order valence-electron chi connectivity index (χ2n) is 3.80. The summed E-state index contributed by atoms with van der Waals surface area (Å²) in [4.78, 5) is 33.8. The van der Waals surface area contributed by atoms with E-state index in [9.17, 15) is 14.4 Å². The Morgan fingerprint density at radius 3 is 2.53 bits per heavy atom. The van der Waals surface area contributed by atoms with Crippen LogP contribution in [0.5, 0.6) is 0 Å². The van der Waals surface area contributed by atoms with Gasteiger partial charge in [0.25, 0.3) is 5.91 Å². The molecule has 104 valence electrons. The number of carboxylic acid groups (broad SMARTS) is 1. The Morgan fingerprint density at radius 2 is 2.05 bits per heavy atom. The summed E-state index contributed by atoms with van der Waals surface area (Å²) >= 11 is 0. The van der Waals surface area contributed by atoms with Crippen molar-refractivity contribution in [2.75, 3.05) is 6.54 Å². The van der Waals surface area contributed by atoms with Crippen molar-refractivity contribution in [3.8, 4) is 0 Å². The number of amides is 3. The van der Waals surface area contributed by atoms with E-state index in [1.54, 1.807) is 6.92 Å². The lowest BCUT2D eigenvalue weighted by atomic mass is 10.3. The smallest absolute Gasteiger partial charge is 0.358 e.